The van der Waals surface area contributed by atoms with E-state index in [9.17, 15) is 19.1 Å². The van der Waals surface area contributed by atoms with Gasteiger partial charge in [-0.2, -0.15) is 0 Å². The van der Waals surface area contributed by atoms with Crippen molar-refractivity contribution in [2.24, 2.45) is 5.16 Å². The quantitative estimate of drug-likeness (QED) is 0.660. The molecule has 2 aliphatic carbocycles. The summed E-state index contributed by atoms with van der Waals surface area (Å²) in [7, 11) is 0. The molecule has 4 rings (SSSR count). The van der Waals surface area contributed by atoms with Crippen molar-refractivity contribution in [3.05, 3.63) is 45.5 Å². The molecule has 2 fully saturated rings. The number of carbonyl (C=O) groups is 1. The van der Waals surface area contributed by atoms with Gasteiger partial charge in [-0.05, 0) is 49.8 Å². The van der Waals surface area contributed by atoms with Crippen molar-refractivity contribution in [2.45, 2.75) is 44.1 Å². The Morgan fingerprint density at radius 2 is 2.04 bits per heavy atom. The Morgan fingerprint density at radius 1 is 1.28 bits per heavy atom. The number of hydrogen-bond acceptors (Lipinski definition) is 4. The van der Waals surface area contributed by atoms with Crippen LogP contribution in [0.4, 0.5) is 4.39 Å². The molecular formula is C18H17FN2O4. The molecule has 1 atom stereocenters. The minimum atomic E-state index is -1.31. The fraction of sp³-hybridized carbons (Fsp3) is 0.389. The topological polar surface area (TPSA) is 91.9 Å². The third kappa shape index (κ3) is 2.50. The molecule has 7 heteroatoms. The lowest BCUT2D eigenvalue weighted by atomic mass is 9.94. The zero-order chi connectivity index (χ0) is 17.7. The largest absolute Gasteiger partial charge is 0.477 e. The van der Waals surface area contributed by atoms with Crippen LogP contribution in [0.2, 0.25) is 0 Å². The van der Waals surface area contributed by atoms with Crippen LogP contribution in [0.1, 0.15) is 60.0 Å². The maximum atomic E-state index is 14.7. The van der Waals surface area contributed by atoms with Crippen molar-refractivity contribution in [2.75, 3.05) is 0 Å². The number of nitrogens with zero attached hydrogens (tertiary/aromatic N) is 2. The summed E-state index contributed by atoms with van der Waals surface area (Å²) in [4.78, 5) is 23.8. The summed E-state index contributed by atoms with van der Waals surface area (Å²) in [5, 5.41) is 21.8. The summed E-state index contributed by atoms with van der Waals surface area (Å²) in [5.74, 6) is -2.19. The van der Waals surface area contributed by atoms with Crippen LogP contribution in [0.25, 0.3) is 10.9 Å². The maximum Gasteiger partial charge on any atom is 0.341 e. The van der Waals surface area contributed by atoms with Gasteiger partial charge < -0.3 is 14.9 Å². The first-order valence-corrected chi connectivity index (χ1v) is 8.33. The van der Waals surface area contributed by atoms with E-state index >= 15 is 0 Å². The van der Waals surface area contributed by atoms with Gasteiger partial charge in [0.1, 0.15) is 11.4 Å². The Balaban J connectivity index is 1.99. The third-order valence-corrected chi connectivity index (χ3v) is 5.15. The second kappa shape index (κ2) is 5.68. The van der Waals surface area contributed by atoms with Crippen LogP contribution in [-0.2, 0) is 0 Å². The lowest BCUT2D eigenvalue weighted by Crippen LogP contribution is -2.19. The van der Waals surface area contributed by atoms with E-state index in [0.717, 1.165) is 25.3 Å². The van der Waals surface area contributed by atoms with Crippen molar-refractivity contribution in [1.82, 2.24) is 4.57 Å². The van der Waals surface area contributed by atoms with Crippen molar-refractivity contribution in [3.8, 4) is 0 Å². The molecule has 0 spiro atoms. The smallest absolute Gasteiger partial charge is 0.341 e. The molecule has 0 radical (unpaired) electrons. The molecule has 2 aromatic rings. The third-order valence-electron chi connectivity index (χ3n) is 5.15. The standard InChI is InChI=1S/C18H17FN2O4/c19-14-6-12-16(7-11(14)10-2-1-3-15(10)20-25)21(9-4-5-9)8-13(17(12)22)18(23)24/h6-10,25H,1-5H2,(H,23,24). The second-order valence-corrected chi connectivity index (χ2v) is 6.74. The molecule has 1 aromatic heterocycles. The lowest BCUT2D eigenvalue weighted by Gasteiger charge is -2.16. The summed E-state index contributed by atoms with van der Waals surface area (Å²) in [6.45, 7) is 0. The Hall–Kier alpha value is -2.70. The Morgan fingerprint density at radius 3 is 2.68 bits per heavy atom. The number of carboxylic acid groups (broad SMARTS) is 1. The second-order valence-electron chi connectivity index (χ2n) is 6.74. The lowest BCUT2D eigenvalue weighted by molar-refractivity contribution is 0.0695. The number of oxime groups is 1. The molecule has 2 saturated carbocycles. The van der Waals surface area contributed by atoms with E-state index in [2.05, 4.69) is 5.16 Å². The normalized spacial score (nSPS) is 22.0. The van der Waals surface area contributed by atoms with E-state index in [-0.39, 0.29) is 22.9 Å². The predicted octanol–water partition coefficient (Wildman–Crippen LogP) is 3.27. The highest BCUT2D eigenvalue weighted by atomic mass is 19.1. The molecule has 0 saturated heterocycles. The van der Waals surface area contributed by atoms with Gasteiger partial charge in [0.15, 0.2) is 0 Å². The molecule has 2 aliphatic rings. The highest BCUT2D eigenvalue weighted by molar-refractivity contribution is 5.95. The zero-order valence-corrected chi connectivity index (χ0v) is 13.4. The van der Waals surface area contributed by atoms with Crippen molar-refractivity contribution < 1.29 is 19.5 Å². The first kappa shape index (κ1) is 15.8. The van der Waals surface area contributed by atoms with E-state index in [1.807, 2.05) is 0 Å². The Labute approximate surface area is 142 Å². The van der Waals surface area contributed by atoms with Crippen molar-refractivity contribution in [1.29, 1.82) is 0 Å². The average molecular weight is 344 g/mol. The summed E-state index contributed by atoms with van der Waals surface area (Å²) in [5.41, 5.74) is 0.464. The fourth-order valence-corrected chi connectivity index (χ4v) is 3.74. The first-order valence-electron chi connectivity index (χ1n) is 8.33. The predicted molar refractivity (Wildman–Crippen MR) is 89.2 cm³/mol. The van der Waals surface area contributed by atoms with Crippen molar-refractivity contribution >= 4 is 22.6 Å². The minimum absolute atomic E-state index is 0.0773. The first-order chi connectivity index (χ1) is 12.0. The molecule has 25 heavy (non-hydrogen) atoms. The molecule has 0 aliphatic heterocycles. The minimum Gasteiger partial charge on any atom is -0.477 e. The monoisotopic (exact) mass is 344 g/mol. The highest BCUT2D eigenvalue weighted by Gasteiger charge is 2.31. The number of fused-ring (bicyclic) bond motifs is 1. The summed E-state index contributed by atoms with van der Waals surface area (Å²) in [6.07, 6.45) is 5.28. The molecule has 0 amide bonds. The Bertz CT molecular complexity index is 975. The number of aromatic carboxylic acids is 1. The molecule has 0 bridgehead atoms. The van der Waals surface area contributed by atoms with Gasteiger partial charge in [-0.1, -0.05) is 5.16 Å². The van der Waals surface area contributed by atoms with E-state index in [1.165, 1.54) is 6.20 Å². The maximum absolute atomic E-state index is 14.7. The summed E-state index contributed by atoms with van der Waals surface area (Å²) >= 11 is 0. The molecule has 2 N–H and O–H groups in total. The summed E-state index contributed by atoms with van der Waals surface area (Å²) < 4.78 is 16.5. The van der Waals surface area contributed by atoms with E-state index in [1.54, 1.807) is 10.6 Å². The van der Waals surface area contributed by atoms with Crippen LogP contribution in [-0.4, -0.2) is 26.6 Å². The molecule has 1 unspecified atom stereocenters. The highest BCUT2D eigenvalue weighted by Crippen LogP contribution is 2.39. The molecule has 1 heterocycles. The number of hydrogen-bond donors (Lipinski definition) is 2. The molecule has 130 valence electrons. The fourth-order valence-electron chi connectivity index (χ4n) is 3.74. The van der Waals surface area contributed by atoms with Gasteiger partial charge in [-0.3, -0.25) is 4.79 Å². The van der Waals surface area contributed by atoms with Gasteiger partial charge in [0.2, 0.25) is 5.43 Å². The van der Waals surface area contributed by atoms with Gasteiger partial charge in [0, 0.05) is 23.5 Å². The van der Waals surface area contributed by atoms with Gasteiger partial charge in [-0.15, -0.1) is 0 Å². The van der Waals surface area contributed by atoms with E-state index in [0.29, 0.717) is 29.6 Å². The van der Waals surface area contributed by atoms with Gasteiger partial charge >= 0.3 is 5.97 Å². The van der Waals surface area contributed by atoms with Crippen LogP contribution in [0.15, 0.2) is 28.3 Å². The SMILES string of the molecule is O=C(O)c1cn(C2CC2)c2cc(C3CCCC3=NO)c(F)cc2c1=O. The van der Waals surface area contributed by atoms with Gasteiger partial charge in [-0.25, -0.2) is 9.18 Å². The number of rotatable bonds is 3. The Kier molecular flexibility index (Phi) is 3.59. The summed E-state index contributed by atoms with van der Waals surface area (Å²) in [6, 6.07) is 2.89. The number of pyridine rings is 1. The van der Waals surface area contributed by atoms with Crippen LogP contribution in [0.5, 0.6) is 0 Å². The van der Waals surface area contributed by atoms with E-state index < -0.39 is 17.2 Å². The van der Waals surface area contributed by atoms with Crippen LogP contribution < -0.4 is 5.43 Å². The van der Waals surface area contributed by atoms with Gasteiger partial charge in [0.25, 0.3) is 0 Å². The van der Waals surface area contributed by atoms with Crippen LogP contribution in [0.3, 0.4) is 0 Å². The zero-order valence-electron chi connectivity index (χ0n) is 13.4. The van der Waals surface area contributed by atoms with Crippen LogP contribution >= 0.6 is 0 Å². The molecule has 1 aromatic carbocycles. The van der Waals surface area contributed by atoms with Gasteiger partial charge in [0.05, 0.1) is 11.2 Å². The number of halogens is 1. The van der Waals surface area contributed by atoms with Crippen molar-refractivity contribution in [3.63, 3.8) is 0 Å². The number of benzene rings is 1. The molecular weight excluding hydrogens is 327 g/mol. The molecule has 6 nitrogen and oxygen atoms in total. The average Bonchev–Trinajstić information content (AvgIpc) is 3.31. The number of carboxylic acids is 1. The number of aromatic nitrogens is 1. The van der Waals surface area contributed by atoms with E-state index in [4.69, 9.17) is 5.21 Å². The van der Waals surface area contributed by atoms with Crippen LogP contribution in [0, 0.1) is 5.82 Å².